The van der Waals surface area contributed by atoms with Crippen LogP contribution in [0.15, 0.2) is 0 Å². The second-order valence-electron chi connectivity index (χ2n) is 5.18. The molecule has 0 spiro atoms. The van der Waals surface area contributed by atoms with Gasteiger partial charge in [0, 0.05) is 13.0 Å². The van der Waals surface area contributed by atoms with Crippen molar-refractivity contribution in [2.75, 3.05) is 20.1 Å². The minimum absolute atomic E-state index is 0.0562. The molecule has 2 unspecified atom stereocenters. The van der Waals surface area contributed by atoms with Crippen LogP contribution < -0.4 is 5.32 Å². The van der Waals surface area contributed by atoms with Crippen molar-refractivity contribution in [1.82, 2.24) is 10.2 Å². The highest BCUT2D eigenvalue weighted by Crippen LogP contribution is 2.08. The van der Waals surface area contributed by atoms with Gasteiger partial charge in [-0.25, -0.2) is 4.79 Å². The molecule has 0 bridgehead atoms. The topological polar surface area (TPSA) is 69.6 Å². The summed E-state index contributed by atoms with van der Waals surface area (Å²) in [6.45, 7) is 7.53. The number of hydrogen-bond acceptors (Lipinski definition) is 3. The van der Waals surface area contributed by atoms with E-state index in [4.69, 9.17) is 5.11 Å². The van der Waals surface area contributed by atoms with Gasteiger partial charge in [0.25, 0.3) is 0 Å². The highest BCUT2D eigenvalue weighted by molar-refractivity contribution is 5.83. The van der Waals surface area contributed by atoms with Crippen molar-refractivity contribution in [1.29, 1.82) is 0 Å². The molecule has 0 radical (unpaired) electrons. The first-order chi connectivity index (χ1) is 8.92. The summed E-state index contributed by atoms with van der Waals surface area (Å²) in [6, 6.07) is -0.779. The summed E-state index contributed by atoms with van der Waals surface area (Å²) >= 11 is 0. The minimum Gasteiger partial charge on any atom is -0.480 e. The van der Waals surface area contributed by atoms with E-state index in [1.807, 2.05) is 20.9 Å². The van der Waals surface area contributed by atoms with Crippen molar-refractivity contribution in [3.8, 4) is 0 Å². The largest absolute Gasteiger partial charge is 0.480 e. The fraction of sp³-hybridized carbons (Fsp3) is 0.857. The zero-order valence-corrected chi connectivity index (χ0v) is 12.6. The van der Waals surface area contributed by atoms with E-state index in [1.165, 1.54) is 0 Å². The third-order valence-electron chi connectivity index (χ3n) is 3.41. The highest BCUT2D eigenvalue weighted by Gasteiger charge is 2.24. The van der Waals surface area contributed by atoms with Crippen LogP contribution in [0.5, 0.6) is 0 Å². The van der Waals surface area contributed by atoms with E-state index in [1.54, 1.807) is 0 Å². The van der Waals surface area contributed by atoms with Crippen LogP contribution in [-0.4, -0.2) is 48.1 Å². The molecule has 2 atom stereocenters. The van der Waals surface area contributed by atoms with Gasteiger partial charge < -0.3 is 15.3 Å². The van der Waals surface area contributed by atoms with Crippen LogP contribution in [0.25, 0.3) is 0 Å². The number of rotatable bonds is 10. The van der Waals surface area contributed by atoms with Gasteiger partial charge in [-0.05, 0) is 25.9 Å². The highest BCUT2D eigenvalue weighted by atomic mass is 16.4. The number of carboxylic acids is 1. The average molecular weight is 272 g/mol. The van der Waals surface area contributed by atoms with E-state index in [9.17, 15) is 9.59 Å². The zero-order valence-electron chi connectivity index (χ0n) is 12.6. The van der Waals surface area contributed by atoms with Crippen LogP contribution in [0.1, 0.15) is 46.5 Å². The number of hydrogen-bond donors (Lipinski definition) is 2. The van der Waals surface area contributed by atoms with Gasteiger partial charge in [0.1, 0.15) is 6.04 Å². The van der Waals surface area contributed by atoms with Gasteiger partial charge in [0.05, 0.1) is 0 Å². The third kappa shape index (κ3) is 7.82. The summed E-state index contributed by atoms with van der Waals surface area (Å²) in [5.41, 5.74) is 0. The molecule has 0 fully saturated rings. The monoisotopic (exact) mass is 272 g/mol. The fourth-order valence-electron chi connectivity index (χ4n) is 1.76. The van der Waals surface area contributed by atoms with Gasteiger partial charge in [-0.15, -0.1) is 0 Å². The smallest absolute Gasteiger partial charge is 0.326 e. The van der Waals surface area contributed by atoms with Crippen LogP contribution in [0.2, 0.25) is 0 Å². The van der Waals surface area contributed by atoms with Gasteiger partial charge >= 0.3 is 5.97 Å². The molecule has 1 amide bonds. The van der Waals surface area contributed by atoms with Crippen LogP contribution >= 0.6 is 0 Å². The Morgan fingerprint density at radius 1 is 1.26 bits per heavy atom. The van der Waals surface area contributed by atoms with Gasteiger partial charge in [-0.2, -0.15) is 0 Å². The molecular formula is C14H28N2O3. The maximum Gasteiger partial charge on any atom is 0.326 e. The summed E-state index contributed by atoms with van der Waals surface area (Å²) in [7, 11) is 1.98. The van der Waals surface area contributed by atoms with Gasteiger partial charge in [0.15, 0.2) is 0 Å². The molecule has 0 aliphatic carbocycles. The summed E-state index contributed by atoms with van der Waals surface area (Å²) in [4.78, 5) is 24.9. The molecular weight excluding hydrogens is 244 g/mol. The quantitative estimate of drug-likeness (QED) is 0.635. The maximum atomic E-state index is 11.8. The van der Waals surface area contributed by atoms with E-state index < -0.39 is 12.0 Å². The molecule has 0 heterocycles. The Morgan fingerprint density at radius 3 is 2.37 bits per heavy atom. The first-order valence-corrected chi connectivity index (χ1v) is 7.13. The van der Waals surface area contributed by atoms with Crippen molar-refractivity contribution in [3.05, 3.63) is 0 Å². The summed E-state index contributed by atoms with van der Waals surface area (Å²) in [6.07, 6.45) is 3.32. The van der Waals surface area contributed by atoms with Crippen molar-refractivity contribution in [2.45, 2.75) is 52.5 Å². The van der Waals surface area contributed by atoms with Gasteiger partial charge in [-0.3, -0.25) is 4.79 Å². The van der Waals surface area contributed by atoms with Gasteiger partial charge in [0.2, 0.25) is 5.91 Å². The standard InChI is InChI=1S/C14H28N2O3/c1-5-7-9-16(4)10-8-12(17)15-13(14(18)19)11(3)6-2/h11,13H,5-10H2,1-4H3,(H,15,17)(H,18,19). The number of carbonyl (C=O) groups is 2. The second-order valence-corrected chi connectivity index (χ2v) is 5.18. The van der Waals surface area contributed by atoms with Crippen LogP contribution in [0.4, 0.5) is 0 Å². The molecule has 0 aromatic carbocycles. The first-order valence-electron chi connectivity index (χ1n) is 7.13. The minimum atomic E-state index is -0.956. The maximum absolute atomic E-state index is 11.8. The number of carbonyl (C=O) groups excluding carboxylic acids is 1. The Labute approximate surface area is 116 Å². The zero-order chi connectivity index (χ0) is 14.8. The average Bonchev–Trinajstić information content (AvgIpc) is 2.38. The molecule has 2 N–H and O–H groups in total. The molecule has 0 aliphatic rings. The first kappa shape index (κ1) is 17.9. The molecule has 5 nitrogen and oxygen atoms in total. The lowest BCUT2D eigenvalue weighted by molar-refractivity contribution is -0.143. The van der Waals surface area contributed by atoms with Gasteiger partial charge in [-0.1, -0.05) is 33.6 Å². The molecule has 112 valence electrons. The van der Waals surface area contributed by atoms with Crippen molar-refractivity contribution < 1.29 is 14.7 Å². The Bertz CT molecular complexity index is 282. The van der Waals surface area contributed by atoms with Crippen molar-refractivity contribution in [3.63, 3.8) is 0 Å². The SMILES string of the molecule is CCCCN(C)CCC(=O)NC(C(=O)O)C(C)CC. The predicted octanol–water partition coefficient (Wildman–Crippen LogP) is 1.72. The lowest BCUT2D eigenvalue weighted by Crippen LogP contribution is -2.45. The summed E-state index contributed by atoms with van der Waals surface area (Å²) in [5, 5.41) is 11.7. The summed E-state index contributed by atoms with van der Waals surface area (Å²) < 4.78 is 0. The number of aliphatic carboxylic acids is 1. The lowest BCUT2D eigenvalue weighted by atomic mass is 9.99. The van der Waals surface area contributed by atoms with Crippen molar-refractivity contribution >= 4 is 11.9 Å². The molecule has 19 heavy (non-hydrogen) atoms. The van der Waals surface area contributed by atoms with E-state index in [-0.39, 0.29) is 11.8 Å². The van der Waals surface area contributed by atoms with E-state index in [0.29, 0.717) is 13.0 Å². The van der Waals surface area contributed by atoms with E-state index in [0.717, 1.165) is 25.8 Å². The van der Waals surface area contributed by atoms with Crippen molar-refractivity contribution in [2.24, 2.45) is 5.92 Å². The lowest BCUT2D eigenvalue weighted by Gasteiger charge is -2.21. The number of carboxylic acid groups (broad SMARTS) is 1. The molecule has 0 aliphatic heterocycles. The Hall–Kier alpha value is -1.10. The molecule has 0 aromatic heterocycles. The molecule has 0 rings (SSSR count). The molecule has 5 heteroatoms. The third-order valence-corrected chi connectivity index (χ3v) is 3.41. The van der Waals surface area contributed by atoms with E-state index >= 15 is 0 Å². The van der Waals surface area contributed by atoms with E-state index in [2.05, 4.69) is 17.1 Å². The Kier molecular flexibility index (Phi) is 9.21. The predicted molar refractivity (Wildman–Crippen MR) is 76.0 cm³/mol. The Balaban J connectivity index is 4.10. The Morgan fingerprint density at radius 2 is 1.89 bits per heavy atom. The number of nitrogens with zero attached hydrogens (tertiary/aromatic N) is 1. The van der Waals surface area contributed by atoms with Crippen LogP contribution in [0, 0.1) is 5.92 Å². The molecule has 0 aromatic rings. The fourth-order valence-corrected chi connectivity index (χ4v) is 1.76. The van der Waals surface area contributed by atoms with Crippen LogP contribution in [-0.2, 0) is 9.59 Å². The number of unbranched alkanes of at least 4 members (excludes halogenated alkanes) is 1. The number of nitrogens with one attached hydrogen (secondary N) is 1. The summed E-state index contributed by atoms with van der Waals surface area (Å²) in [5.74, 6) is -1.20. The van der Waals surface area contributed by atoms with Crippen LogP contribution in [0.3, 0.4) is 0 Å². The number of amides is 1. The molecule has 0 saturated heterocycles. The normalized spacial score (nSPS) is 14.2. The second kappa shape index (κ2) is 9.78. The molecule has 0 saturated carbocycles.